The SMILES string of the molecule is COC(=O)N1C(=O)[C@@H]2[C@@H](CC(C)=C3[C@@H](CC/C(=C/c4ccc(O)c(F)c4)c4ccccc4)OB(O)C[C@@H]32)C1=O. The van der Waals surface area contributed by atoms with Crippen molar-refractivity contribution in [1.82, 2.24) is 4.90 Å². The summed E-state index contributed by atoms with van der Waals surface area (Å²) >= 11 is 0. The van der Waals surface area contributed by atoms with Crippen LogP contribution in [0.1, 0.15) is 37.3 Å². The molecular weight excluding hydrogens is 504 g/mol. The van der Waals surface area contributed by atoms with Gasteiger partial charge in [-0.1, -0.05) is 48.0 Å². The first kappa shape index (κ1) is 26.8. The van der Waals surface area contributed by atoms with Crippen LogP contribution in [-0.4, -0.2) is 53.3 Å². The molecule has 2 fully saturated rings. The molecule has 2 aliphatic heterocycles. The van der Waals surface area contributed by atoms with Crippen molar-refractivity contribution < 1.29 is 38.3 Å². The molecule has 3 amide bonds. The molecule has 8 nitrogen and oxygen atoms in total. The lowest BCUT2D eigenvalue weighted by Crippen LogP contribution is -2.46. The molecule has 2 N–H and O–H groups in total. The minimum Gasteiger partial charge on any atom is -0.505 e. The normalized spacial score (nSPS) is 25.1. The van der Waals surface area contributed by atoms with Gasteiger partial charge in [0.15, 0.2) is 11.6 Å². The molecule has 5 rings (SSSR count). The lowest BCUT2D eigenvalue weighted by molar-refractivity contribution is -0.137. The number of benzene rings is 2. The maximum Gasteiger partial charge on any atom is 0.455 e. The van der Waals surface area contributed by atoms with Gasteiger partial charge >= 0.3 is 13.2 Å². The summed E-state index contributed by atoms with van der Waals surface area (Å²) < 4.78 is 24.7. The van der Waals surface area contributed by atoms with E-state index in [4.69, 9.17) is 4.65 Å². The van der Waals surface area contributed by atoms with Gasteiger partial charge in [-0.3, -0.25) is 9.59 Å². The molecule has 0 unspecified atom stereocenters. The summed E-state index contributed by atoms with van der Waals surface area (Å²) in [5.41, 5.74) is 4.21. The van der Waals surface area contributed by atoms with Gasteiger partial charge < -0.3 is 19.5 Å². The fourth-order valence-electron chi connectivity index (χ4n) is 6.24. The van der Waals surface area contributed by atoms with Crippen LogP contribution in [0.3, 0.4) is 0 Å². The lowest BCUT2D eigenvalue weighted by Gasteiger charge is -2.42. The van der Waals surface area contributed by atoms with Crippen LogP contribution in [0.15, 0.2) is 59.7 Å². The Bertz CT molecular complexity index is 1370. The van der Waals surface area contributed by atoms with Crippen molar-refractivity contribution >= 4 is 36.7 Å². The van der Waals surface area contributed by atoms with E-state index >= 15 is 0 Å². The molecule has 10 heteroatoms. The van der Waals surface area contributed by atoms with E-state index in [-0.39, 0.29) is 6.32 Å². The van der Waals surface area contributed by atoms with Crippen LogP contribution in [0, 0.1) is 23.6 Å². The molecule has 0 bridgehead atoms. The lowest BCUT2D eigenvalue weighted by atomic mass is 9.58. The number of amides is 3. The molecule has 0 spiro atoms. The zero-order valence-corrected chi connectivity index (χ0v) is 21.7. The fraction of sp³-hybridized carbons (Fsp3) is 0.345. The molecule has 2 aromatic carbocycles. The van der Waals surface area contributed by atoms with E-state index in [9.17, 15) is 28.9 Å². The molecule has 202 valence electrons. The second-order valence-electron chi connectivity index (χ2n) is 10.3. The van der Waals surface area contributed by atoms with Crippen molar-refractivity contribution in [3.05, 3.63) is 76.6 Å². The number of halogens is 1. The summed E-state index contributed by atoms with van der Waals surface area (Å²) in [5.74, 6) is -4.19. The molecule has 2 saturated heterocycles. The van der Waals surface area contributed by atoms with Crippen LogP contribution in [0.2, 0.25) is 6.32 Å². The number of nitrogens with zero attached hydrogens (tertiary/aromatic N) is 1. The third kappa shape index (κ3) is 5.02. The summed E-state index contributed by atoms with van der Waals surface area (Å²) in [6.07, 6.45) is 1.76. The van der Waals surface area contributed by atoms with E-state index < -0.39 is 60.5 Å². The number of aromatic hydroxyl groups is 1. The van der Waals surface area contributed by atoms with Crippen LogP contribution in [-0.2, 0) is 19.0 Å². The van der Waals surface area contributed by atoms with Crippen molar-refractivity contribution in [3.8, 4) is 5.75 Å². The summed E-state index contributed by atoms with van der Waals surface area (Å²) in [5, 5.41) is 20.2. The van der Waals surface area contributed by atoms with Crippen LogP contribution in [0.5, 0.6) is 5.75 Å². The predicted molar refractivity (Wildman–Crippen MR) is 141 cm³/mol. The van der Waals surface area contributed by atoms with E-state index in [1.807, 2.05) is 43.3 Å². The monoisotopic (exact) mass is 533 g/mol. The average molecular weight is 533 g/mol. The highest BCUT2D eigenvalue weighted by atomic mass is 19.1. The number of carbonyl (C=O) groups is 3. The molecule has 0 saturated carbocycles. The summed E-state index contributed by atoms with van der Waals surface area (Å²) in [6.45, 7) is 1.90. The minimum atomic E-state index is -1.14. The van der Waals surface area contributed by atoms with Crippen molar-refractivity contribution in [1.29, 1.82) is 0 Å². The number of phenolic OH excluding ortho intramolecular Hbond substituents is 1. The van der Waals surface area contributed by atoms with Gasteiger partial charge in [-0.05, 0) is 72.8 Å². The van der Waals surface area contributed by atoms with Gasteiger partial charge in [-0.25, -0.2) is 9.18 Å². The molecule has 2 heterocycles. The van der Waals surface area contributed by atoms with Gasteiger partial charge in [0.05, 0.1) is 25.0 Å². The van der Waals surface area contributed by atoms with Crippen molar-refractivity contribution in [2.75, 3.05) is 7.11 Å². The number of phenols is 1. The number of hydrogen-bond acceptors (Lipinski definition) is 7. The standard InChI is InChI=1S/C29H29BFNO7/c1-16-12-20-26(28(35)32(27(20)34)29(36)38-2)21-15-30(37)39-24(25(16)21)11-9-19(18-6-4-3-5-7-18)13-17-8-10-23(33)22(31)14-17/h3-8,10,13-14,20-21,24,26,33,37H,9,11-12,15H2,1-2H3/b19-13-/t20-,21+,24-,26-/m1/s1. The predicted octanol–water partition coefficient (Wildman–Crippen LogP) is 4.44. The van der Waals surface area contributed by atoms with E-state index in [1.165, 1.54) is 12.1 Å². The number of imide groups is 3. The van der Waals surface area contributed by atoms with Gasteiger partial charge in [0.1, 0.15) is 0 Å². The Morgan fingerprint density at radius 3 is 2.62 bits per heavy atom. The molecule has 3 aliphatic rings. The highest BCUT2D eigenvalue weighted by Crippen LogP contribution is 2.50. The number of fused-ring (bicyclic) bond motifs is 3. The number of carbonyl (C=O) groups excluding carboxylic acids is 3. The Morgan fingerprint density at radius 1 is 1.18 bits per heavy atom. The van der Waals surface area contributed by atoms with Crippen molar-refractivity contribution in [2.45, 2.75) is 38.6 Å². The number of methoxy groups -OCH3 is 1. The molecule has 0 aromatic heterocycles. The molecule has 4 atom stereocenters. The topological polar surface area (TPSA) is 113 Å². The van der Waals surface area contributed by atoms with E-state index in [1.54, 1.807) is 6.07 Å². The van der Waals surface area contributed by atoms with Crippen LogP contribution in [0.25, 0.3) is 11.6 Å². The van der Waals surface area contributed by atoms with Gasteiger partial charge in [-0.15, -0.1) is 0 Å². The van der Waals surface area contributed by atoms with Crippen molar-refractivity contribution in [3.63, 3.8) is 0 Å². The number of hydrogen-bond donors (Lipinski definition) is 2. The maximum atomic E-state index is 14.0. The average Bonchev–Trinajstić information content (AvgIpc) is 3.17. The van der Waals surface area contributed by atoms with Gasteiger partial charge in [0, 0.05) is 0 Å². The molecule has 1 aliphatic carbocycles. The van der Waals surface area contributed by atoms with E-state index in [0.717, 1.165) is 29.4 Å². The Labute approximate surface area is 225 Å². The van der Waals surface area contributed by atoms with E-state index in [2.05, 4.69) is 4.74 Å². The number of allylic oxidation sites excluding steroid dienone is 2. The summed E-state index contributed by atoms with van der Waals surface area (Å²) in [7, 11) is -0.0148. The fourth-order valence-corrected chi connectivity index (χ4v) is 6.24. The first-order chi connectivity index (χ1) is 18.7. The van der Waals surface area contributed by atoms with Gasteiger partial charge in [0.2, 0.25) is 11.8 Å². The first-order valence-electron chi connectivity index (χ1n) is 12.9. The number of ether oxygens (including phenoxy) is 1. The van der Waals surface area contributed by atoms with E-state index in [0.29, 0.717) is 29.7 Å². The molecular formula is C29H29BFNO7. The highest BCUT2D eigenvalue weighted by molar-refractivity contribution is 6.43. The summed E-state index contributed by atoms with van der Waals surface area (Å²) in [6, 6.07) is 13.8. The first-order valence-corrected chi connectivity index (χ1v) is 12.9. The van der Waals surface area contributed by atoms with Gasteiger partial charge in [-0.2, -0.15) is 4.90 Å². The van der Waals surface area contributed by atoms with Gasteiger partial charge in [0.25, 0.3) is 0 Å². The molecule has 39 heavy (non-hydrogen) atoms. The molecule has 0 radical (unpaired) electrons. The minimum absolute atomic E-state index is 0.145. The number of rotatable bonds is 5. The Morgan fingerprint density at radius 2 is 1.92 bits per heavy atom. The third-order valence-electron chi connectivity index (χ3n) is 7.94. The van der Waals surface area contributed by atoms with Crippen LogP contribution in [0.4, 0.5) is 9.18 Å². The third-order valence-corrected chi connectivity index (χ3v) is 7.94. The number of likely N-dealkylation sites (tertiary alicyclic amines) is 1. The smallest absolute Gasteiger partial charge is 0.455 e. The summed E-state index contributed by atoms with van der Waals surface area (Å²) in [4.78, 5) is 39.0. The second kappa shape index (κ2) is 10.8. The van der Waals surface area contributed by atoms with Crippen LogP contribution < -0.4 is 0 Å². The zero-order valence-electron chi connectivity index (χ0n) is 21.7. The van der Waals surface area contributed by atoms with Crippen LogP contribution >= 0.6 is 0 Å². The maximum absolute atomic E-state index is 14.0. The zero-order chi connectivity index (χ0) is 27.8. The van der Waals surface area contributed by atoms with Crippen molar-refractivity contribution in [2.24, 2.45) is 17.8 Å². The Hall–Kier alpha value is -3.76. The second-order valence-corrected chi connectivity index (χ2v) is 10.3. The molecule has 2 aromatic rings. The quantitative estimate of drug-likeness (QED) is 0.253. The Balaban J connectivity index is 1.44. The Kier molecular flexibility index (Phi) is 7.42. The largest absolute Gasteiger partial charge is 0.505 e. The highest BCUT2D eigenvalue weighted by Gasteiger charge is 2.58.